The lowest BCUT2D eigenvalue weighted by Crippen LogP contribution is -2.29. The molecule has 0 spiro atoms. The molecule has 0 aliphatic heterocycles. The van der Waals surface area contributed by atoms with Gasteiger partial charge in [-0.25, -0.2) is 8.42 Å². The van der Waals surface area contributed by atoms with Gasteiger partial charge in [-0.15, -0.1) is 0 Å². The fourth-order valence-electron chi connectivity index (χ4n) is 1.13. The molecule has 0 aliphatic carbocycles. The van der Waals surface area contributed by atoms with Crippen molar-refractivity contribution in [2.24, 2.45) is 0 Å². The Balaban J connectivity index is -0.000000853. The van der Waals surface area contributed by atoms with E-state index < -0.39 is 38.1 Å². The fraction of sp³-hybridized carbons (Fsp3) is 0. The number of carbonyl (C=O) groups excluding carboxylic acids is 2. The summed E-state index contributed by atoms with van der Waals surface area (Å²) in [5, 5.41) is 21.0. The van der Waals surface area contributed by atoms with Crippen LogP contribution in [-0.4, -0.2) is 24.9 Å². The van der Waals surface area contributed by atoms with Gasteiger partial charge in [0.25, 0.3) is 0 Å². The van der Waals surface area contributed by atoms with Crippen LogP contribution in [0, 0.1) is 0 Å². The Morgan fingerprint density at radius 1 is 0.895 bits per heavy atom. The van der Waals surface area contributed by atoms with Crippen molar-refractivity contribution in [3.8, 4) is 0 Å². The Hall–Kier alpha value is -0.640. The van der Waals surface area contributed by atoms with E-state index in [2.05, 4.69) is 0 Å². The van der Waals surface area contributed by atoms with E-state index in [9.17, 15) is 32.8 Å². The second-order valence-corrected chi connectivity index (χ2v) is 4.03. The largest absolute Gasteiger partial charge is 0.744 e. The maximum Gasteiger partial charge on any atom is 0.125 e. The molecule has 0 radical (unpaired) electrons. The predicted molar refractivity (Wildman–Crippen MR) is 80.6 cm³/mol. The molecule has 1 aromatic rings. The van der Waals surface area contributed by atoms with Crippen LogP contribution in [-0.2, 0) is 10.1 Å². The van der Waals surface area contributed by atoms with Gasteiger partial charge in [0.2, 0.25) is 0 Å². The van der Waals surface area contributed by atoms with Crippen molar-refractivity contribution in [1.82, 2.24) is 0 Å². The van der Waals surface area contributed by atoms with Crippen LogP contribution >= 0.6 is 29.7 Å². The van der Waals surface area contributed by atoms with E-state index >= 15 is 0 Å². The lowest BCUT2D eigenvalue weighted by atomic mass is 10.1. The lowest BCUT2D eigenvalue weighted by molar-refractivity contribution is -0.255. The van der Waals surface area contributed by atoms with Crippen LogP contribution in [0.4, 0.5) is 0 Å². The summed E-state index contributed by atoms with van der Waals surface area (Å²) in [5.41, 5.74) is -2.01. The third-order valence-electron chi connectivity index (χ3n) is 1.70. The summed E-state index contributed by atoms with van der Waals surface area (Å²) in [7, 11) is -5.25. The van der Waals surface area contributed by atoms with Gasteiger partial charge in [-0.1, -0.05) is 18.2 Å². The molecule has 0 bridgehead atoms. The van der Waals surface area contributed by atoms with E-state index in [1.165, 1.54) is 0 Å². The third-order valence-corrected chi connectivity index (χ3v) is 2.64. The van der Waals surface area contributed by atoms with Crippen LogP contribution in [0.3, 0.4) is 0 Å². The molecular formula is C8H15O7P3S. The topological polar surface area (TPSA) is 137 Å². The molecule has 0 heterocycles. The summed E-state index contributed by atoms with van der Waals surface area (Å²) >= 11 is 0. The van der Waals surface area contributed by atoms with Gasteiger partial charge in [-0.05, 0) is 29.7 Å². The van der Waals surface area contributed by atoms with E-state index in [1.54, 1.807) is 0 Å². The monoisotopic (exact) mass is 348 g/mol. The number of hydrogen-bond acceptors (Lipinski definition) is 7. The molecule has 0 saturated carbocycles. The zero-order valence-corrected chi connectivity index (χ0v) is 17.3. The molecule has 110 valence electrons. The Labute approximate surface area is 119 Å². The summed E-state index contributed by atoms with van der Waals surface area (Å²) < 4.78 is 32.2. The third kappa shape index (κ3) is 5.47. The van der Waals surface area contributed by atoms with E-state index in [1.807, 2.05) is 0 Å². The van der Waals surface area contributed by atoms with Crippen LogP contribution in [0.25, 0.3) is 0 Å². The molecule has 7 nitrogen and oxygen atoms in total. The minimum atomic E-state index is -5.25. The van der Waals surface area contributed by atoms with Gasteiger partial charge in [0.15, 0.2) is 0 Å². The Bertz CT molecular complexity index is 537. The summed E-state index contributed by atoms with van der Waals surface area (Å²) in [6.07, 6.45) is 0. The number of carbonyl (C=O) groups is 2. The molecule has 1 aromatic carbocycles. The minimum Gasteiger partial charge on any atom is -0.744 e. The molecule has 0 amide bonds. The average Bonchev–Trinajstić information content (AvgIpc) is 2.15. The number of hydrogen-bond donors (Lipinski definition) is 0. The first kappa shape index (κ1) is 23.5. The SMILES string of the molecule is O=C([O-])c1cccc(C(=O)[O-])c1S(=O)(=O)[O-].[PH4+].[PH4+].[PH4+]. The van der Waals surface area contributed by atoms with Gasteiger partial charge in [0.05, 0.1) is 16.8 Å². The Kier molecular flexibility index (Phi) is 10.5. The van der Waals surface area contributed by atoms with Gasteiger partial charge in [0, 0.05) is 11.1 Å². The van der Waals surface area contributed by atoms with Crippen molar-refractivity contribution >= 4 is 51.8 Å². The molecule has 19 heavy (non-hydrogen) atoms. The number of aromatic carboxylic acids is 2. The molecule has 0 N–H and O–H groups in total. The Morgan fingerprint density at radius 2 is 1.21 bits per heavy atom. The molecule has 3 unspecified atom stereocenters. The van der Waals surface area contributed by atoms with Gasteiger partial charge >= 0.3 is 0 Å². The molecule has 0 aromatic heterocycles. The highest BCUT2D eigenvalue weighted by atomic mass is 32.2. The van der Waals surface area contributed by atoms with Crippen LogP contribution in [0.1, 0.15) is 20.7 Å². The number of carboxylic acid groups (broad SMARTS) is 2. The van der Waals surface area contributed by atoms with Gasteiger partial charge < -0.3 is 24.4 Å². The zero-order valence-electron chi connectivity index (χ0n) is 10.5. The first-order chi connectivity index (χ1) is 7.25. The smallest absolute Gasteiger partial charge is 0.125 e. The standard InChI is InChI=1S/C8H6O7S.3H3P/c9-7(10)4-2-1-3-5(8(11)12)6(4)16(13,14)15;;;/h1-3H,(H,9,10)(H,11,12)(H,13,14,15);3*1H3. The zero-order chi connectivity index (χ0) is 12.5. The second kappa shape index (κ2) is 8.51. The maximum absolute atomic E-state index is 10.7. The highest BCUT2D eigenvalue weighted by Crippen LogP contribution is 2.19. The lowest BCUT2D eigenvalue weighted by Gasteiger charge is -2.18. The van der Waals surface area contributed by atoms with Crippen molar-refractivity contribution < 1.29 is 32.8 Å². The summed E-state index contributed by atoms with van der Waals surface area (Å²) in [4.78, 5) is 19.7. The number of carboxylic acids is 2. The van der Waals surface area contributed by atoms with Crippen LogP contribution < -0.4 is 10.2 Å². The second-order valence-electron chi connectivity index (χ2n) is 2.71. The van der Waals surface area contributed by atoms with Gasteiger partial charge in [-0.3, -0.25) is 0 Å². The van der Waals surface area contributed by atoms with E-state index in [0.29, 0.717) is 0 Å². The Morgan fingerprint density at radius 3 is 1.42 bits per heavy atom. The molecule has 3 atom stereocenters. The maximum atomic E-state index is 10.7. The van der Waals surface area contributed by atoms with Crippen molar-refractivity contribution in [3.63, 3.8) is 0 Å². The molecular weight excluding hydrogens is 333 g/mol. The molecule has 11 heteroatoms. The number of rotatable bonds is 3. The first-order valence-electron chi connectivity index (χ1n) is 3.76. The highest BCUT2D eigenvalue weighted by molar-refractivity contribution is 7.86. The summed E-state index contributed by atoms with van der Waals surface area (Å²) in [6, 6.07) is 2.48. The van der Waals surface area contributed by atoms with E-state index in [0.717, 1.165) is 18.2 Å². The average molecular weight is 348 g/mol. The van der Waals surface area contributed by atoms with E-state index in [4.69, 9.17) is 0 Å². The van der Waals surface area contributed by atoms with Crippen LogP contribution in [0.15, 0.2) is 23.1 Å². The highest BCUT2D eigenvalue weighted by Gasteiger charge is 2.15. The van der Waals surface area contributed by atoms with Crippen LogP contribution in [0.5, 0.6) is 0 Å². The summed E-state index contributed by atoms with van der Waals surface area (Å²) in [5.74, 6) is -3.92. The fourth-order valence-corrected chi connectivity index (χ4v) is 1.97. The van der Waals surface area contributed by atoms with Gasteiger partial charge in [0.1, 0.15) is 10.1 Å². The number of benzene rings is 1. The summed E-state index contributed by atoms with van der Waals surface area (Å²) in [6.45, 7) is 0. The van der Waals surface area contributed by atoms with Crippen molar-refractivity contribution in [2.75, 3.05) is 0 Å². The normalized spacial score (nSPS) is 9.32. The van der Waals surface area contributed by atoms with Crippen LogP contribution in [0.2, 0.25) is 0 Å². The van der Waals surface area contributed by atoms with E-state index in [-0.39, 0.29) is 29.7 Å². The molecule has 0 aliphatic rings. The molecule has 1 rings (SSSR count). The van der Waals surface area contributed by atoms with Gasteiger partial charge in [-0.2, -0.15) is 0 Å². The first-order valence-corrected chi connectivity index (χ1v) is 5.17. The quantitative estimate of drug-likeness (QED) is 0.412. The van der Waals surface area contributed by atoms with Crippen molar-refractivity contribution in [2.45, 2.75) is 4.90 Å². The predicted octanol–water partition coefficient (Wildman–Crippen LogP) is -3.31. The molecule has 0 saturated heterocycles. The molecule has 0 fully saturated rings. The van der Waals surface area contributed by atoms with Crippen molar-refractivity contribution in [1.29, 1.82) is 0 Å². The minimum absolute atomic E-state index is 0. The van der Waals surface area contributed by atoms with Crippen molar-refractivity contribution in [3.05, 3.63) is 29.3 Å².